The van der Waals surface area contributed by atoms with Gasteiger partial charge in [0.2, 0.25) is 0 Å². The summed E-state index contributed by atoms with van der Waals surface area (Å²) in [6, 6.07) is 16.0. The number of benzene rings is 2. The molecule has 2 aliphatic rings. The zero-order valence-corrected chi connectivity index (χ0v) is 14.9. The Kier molecular flexibility index (Phi) is 3.95. The molecule has 3 aromatic rings. The van der Waals surface area contributed by atoms with Crippen LogP contribution in [0, 0.1) is 0 Å². The lowest BCUT2D eigenvalue weighted by molar-refractivity contribution is 0.328. The number of rotatable bonds is 4. The molecule has 2 aromatic carbocycles. The van der Waals surface area contributed by atoms with E-state index in [1.807, 2.05) is 12.4 Å². The summed E-state index contributed by atoms with van der Waals surface area (Å²) in [6.45, 7) is 3.28. The third-order valence-corrected chi connectivity index (χ3v) is 5.56. The van der Waals surface area contributed by atoms with Gasteiger partial charge in [-0.3, -0.25) is 9.88 Å². The predicted octanol–water partition coefficient (Wildman–Crippen LogP) is 4.49. The van der Waals surface area contributed by atoms with Crippen LogP contribution < -0.4 is 5.32 Å². The topological polar surface area (TPSA) is 28.2 Å². The normalized spacial score (nSPS) is 19.2. The third-order valence-electron chi connectivity index (χ3n) is 5.56. The second-order valence-electron chi connectivity index (χ2n) is 7.41. The highest BCUT2D eigenvalue weighted by Crippen LogP contribution is 2.26. The molecule has 1 aliphatic carbocycles. The first-order valence-corrected chi connectivity index (χ1v) is 9.45. The first-order chi connectivity index (χ1) is 12.8. The average Bonchev–Trinajstić information content (AvgIpc) is 3.31. The number of pyridine rings is 1. The summed E-state index contributed by atoms with van der Waals surface area (Å²) in [5.74, 6) is 0. The van der Waals surface area contributed by atoms with Crippen molar-refractivity contribution >= 4 is 22.5 Å². The minimum Gasteiger partial charge on any atom is -0.380 e. The Morgan fingerprint density at radius 1 is 1.15 bits per heavy atom. The zero-order valence-electron chi connectivity index (χ0n) is 14.9. The lowest BCUT2D eigenvalue weighted by atomic mass is 10.1. The fourth-order valence-electron chi connectivity index (χ4n) is 4.22. The van der Waals surface area contributed by atoms with Crippen LogP contribution in [0.25, 0.3) is 16.8 Å². The van der Waals surface area contributed by atoms with Crippen LogP contribution >= 0.6 is 0 Å². The van der Waals surface area contributed by atoms with E-state index < -0.39 is 0 Å². The first kappa shape index (κ1) is 15.6. The molecule has 5 rings (SSSR count). The van der Waals surface area contributed by atoms with E-state index in [4.69, 9.17) is 0 Å². The molecule has 1 aromatic heterocycles. The summed E-state index contributed by atoms with van der Waals surface area (Å²) in [6.07, 6.45) is 10.6. The number of likely N-dealkylation sites (tertiary alicyclic amines) is 1. The van der Waals surface area contributed by atoms with Crippen LogP contribution in [-0.2, 0) is 13.0 Å². The van der Waals surface area contributed by atoms with Gasteiger partial charge < -0.3 is 5.32 Å². The number of hydrogen-bond donors (Lipinski definition) is 1. The van der Waals surface area contributed by atoms with Crippen molar-refractivity contribution in [2.45, 2.75) is 25.4 Å². The molecule has 3 heteroatoms. The molecule has 1 aliphatic heterocycles. The number of anilines is 1. The summed E-state index contributed by atoms with van der Waals surface area (Å²) >= 11 is 0. The van der Waals surface area contributed by atoms with Crippen LogP contribution in [-0.4, -0.2) is 29.0 Å². The average molecular weight is 341 g/mol. The van der Waals surface area contributed by atoms with Crippen molar-refractivity contribution in [1.29, 1.82) is 0 Å². The summed E-state index contributed by atoms with van der Waals surface area (Å²) < 4.78 is 0. The van der Waals surface area contributed by atoms with Crippen molar-refractivity contribution < 1.29 is 0 Å². The van der Waals surface area contributed by atoms with Crippen molar-refractivity contribution in [2.75, 3.05) is 18.4 Å². The molecule has 1 N–H and O–H groups in total. The van der Waals surface area contributed by atoms with Crippen molar-refractivity contribution in [3.05, 3.63) is 77.6 Å². The SMILES string of the molecule is C1=Cc2cc(CN3CC[C@@H](Nc4cccc5cnccc45)C3)ccc2C1. The monoisotopic (exact) mass is 341 g/mol. The molecule has 26 heavy (non-hydrogen) atoms. The maximum Gasteiger partial charge on any atom is 0.0423 e. The zero-order chi connectivity index (χ0) is 17.3. The highest BCUT2D eigenvalue weighted by Gasteiger charge is 2.23. The Labute approximate surface area is 154 Å². The van der Waals surface area contributed by atoms with Gasteiger partial charge in [-0.05, 0) is 41.7 Å². The largest absolute Gasteiger partial charge is 0.380 e. The molecule has 1 atom stereocenters. The minimum atomic E-state index is 0.503. The van der Waals surface area contributed by atoms with E-state index in [9.17, 15) is 0 Å². The molecule has 1 fully saturated rings. The van der Waals surface area contributed by atoms with Crippen LogP contribution in [0.2, 0.25) is 0 Å². The Bertz CT molecular complexity index is 971. The van der Waals surface area contributed by atoms with Gasteiger partial charge in [0.15, 0.2) is 0 Å². The second-order valence-corrected chi connectivity index (χ2v) is 7.41. The van der Waals surface area contributed by atoms with Crippen LogP contribution in [0.1, 0.15) is 23.1 Å². The number of aromatic nitrogens is 1. The maximum absolute atomic E-state index is 4.23. The molecule has 2 heterocycles. The lowest BCUT2D eigenvalue weighted by Gasteiger charge is -2.19. The van der Waals surface area contributed by atoms with Crippen molar-refractivity contribution in [3.8, 4) is 0 Å². The molecule has 0 spiro atoms. The summed E-state index contributed by atoms with van der Waals surface area (Å²) in [5.41, 5.74) is 5.51. The maximum atomic E-state index is 4.23. The van der Waals surface area contributed by atoms with Crippen molar-refractivity contribution in [3.63, 3.8) is 0 Å². The summed E-state index contributed by atoms with van der Waals surface area (Å²) in [5, 5.41) is 6.21. The van der Waals surface area contributed by atoms with E-state index in [0.717, 1.165) is 26.1 Å². The van der Waals surface area contributed by atoms with Gasteiger partial charge in [-0.1, -0.05) is 42.5 Å². The first-order valence-electron chi connectivity index (χ1n) is 9.45. The van der Waals surface area contributed by atoms with Gasteiger partial charge in [-0.2, -0.15) is 0 Å². The van der Waals surface area contributed by atoms with E-state index in [2.05, 4.69) is 69.8 Å². The second kappa shape index (κ2) is 6.58. The number of allylic oxidation sites excluding steroid dienone is 1. The molecule has 3 nitrogen and oxygen atoms in total. The number of fused-ring (bicyclic) bond motifs is 2. The summed E-state index contributed by atoms with van der Waals surface area (Å²) in [4.78, 5) is 6.79. The van der Waals surface area contributed by atoms with E-state index in [1.165, 1.54) is 39.6 Å². The van der Waals surface area contributed by atoms with Gasteiger partial charge in [-0.25, -0.2) is 0 Å². The van der Waals surface area contributed by atoms with Gasteiger partial charge in [0.25, 0.3) is 0 Å². The Morgan fingerprint density at radius 2 is 2.15 bits per heavy atom. The highest BCUT2D eigenvalue weighted by atomic mass is 15.2. The van der Waals surface area contributed by atoms with Gasteiger partial charge in [0.1, 0.15) is 0 Å². The Balaban J connectivity index is 1.26. The lowest BCUT2D eigenvalue weighted by Crippen LogP contribution is -2.26. The molecule has 0 radical (unpaired) electrons. The van der Waals surface area contributed by atoms with Gasteiger partial charge in [0, 0.05) is 54.5 Å². The Morgan fingerprint density at radius 3 is 3.15 bits per heavy atom. The molecule has 0 bridgehead atoms. The van der Waals surface area contributed by atoms with E-state index in [1.54, 1.807) is 0 Å². The molecule has 1 saturated heterocycles. The predicted molar refractivity (Wildman–Crippen MR) is 108 cm³/mol. The molecule has 0 saturated carbocycles. The molecule has 0 amide bonds. The van der Waals surface area contributed by atoms with Crippen LogP contribution in [0.4, 0.5) is 5.69 Å². The smallest absolute Gasteiger partial charge is 0.0423 e. The van der Waals surface area contributed by atoms with Crippen molar-refractivity contribution in [1.82, 2.24) is 9.88 Å². The van der Waals surface area contributed by atoms with E-state index in [-0.39, 0.29) is 0 Å². The fraction of sp³-hybridized carbons (Fsp3) is 0.261. The summed E-state index contributed by atoms with van der Waals surface area (Å²) in [7, 11) is 0. The van der Waals surface area contributed by atoms with Crippen LogP contribution in [0.15, 0.2) is 60.9 Å². The molecule has 0 unspecified atom stereocenters. The number of nitrogens with one attached hydrogen (secondary N) is 1. The standard InChI is InChI=1S/C23H23N3/c1-3-18-8-7-17(13-19(18)4-1)15-26-12-10-21(16-26)25-23-6-2-5-20-14-24-11-9-22(20)23/h1-2,4-9,11,13-14,21,25H,3,10,12,15-16H2/t21-/m1/s1. The van der Waals surface area contributed by atoms with Crippen LogP contribution in [0.5, 0.6) is 0 Å². The number of hydrogen-bond acceptors (Lipinski definition) is 3. The van der Waals surface area contributed by atoms with Gasteiger partial charge in [-0.15, -0.1) is 0 Å². The van der Waals surface area contributed by atoms with E-state index >= 15 is 0 Å². The molecule has 130 valence electrons. The fourth-order valence-corrected chi connectivity index (χ4v) is 4.22. The van der Waals surface area contributed by atoms with Gasteiger partial charge in [0.05, 0.1) is 0 Å². The minimum absolute atomic E-state index is 0.503. The third kappa shape index (κ3) is 2.99. The van der Waals surface area contributed by atoms with Gasteiger partial charge >= 0.3 is 0 Å². The van der Waals surface area contributed by atoms with Crippen molar-refractivity contribution in [2.24, 2.45) is 0 Å². The molecular formula is C23H23N3. The quantitative estimate of drug-likeness (QED) is 0.758. The number of nitrogens with zero attached hydrogens (tertiary/aromatic N) is 2. The Hall–Kier alpha value is -2.65. The molecular weight excluding hydrogens is 318 g/mol. The van der Waals surface area contributed by atoms with Crippen LogP contribution in [0.3, 0.4) is 0 Å². The van der Waals surface area contributed by atoms with E-state index in [0.29, 0.717) is 6.04 Å². The highest BCUT2D eigenvalue weighted by molar-refractivity contribution is 5.93.